The van der Waals surface area contributed by atoms with E-state index in [-0.39, 0.29) is 11.5 Å². The van der Waals surface area contributed by atoms with Gasteiger partial charge >= 0.3 is 0 Å². The SMILES string of the molecule is Cc1ccc(-c2ccccc2O)c(N/N=C(\C#N)C(=N)N)c1Br. The number of nitriles is 1. The van der Waals surface area contributed by atoms with Crippen LogP contribution < -0.4 is 11.2 Å². The van der Waals surface area contributed by atoms with Gasteiger partial charge in [-0.05, 0) is 34.5 Å². The number of hydrogen-bond donors (Lipinski definition) is 4. The van der Waals surface area contributed by atoms with Crippen LogP contribution in [-0.2, 0) is 0 Å². The van der Waals surface area contributed by atoms with Gasteiger partial charge in [-0.2, -0.15) is 10.4 Å². The summed E-state index contributed by atoms with van der Waals surface area (Å²) in [5.41, 5.74) is 10.7. The van der Waals surface area contributed by atoms with Crippen LogP contribution in [0.2, 0.25) is 0 Å². The number of rotatable bonds is 4. The van der Waals surface area contributed by atoms with E-state index in [2.05, 4.69) is 26.5 Å². The molecule has 116 valence electrons. The standard InChI is InChI=1S/C16H14BrN5O/c1-9-6-7-11(10-4-2-3-5-13(10)23)15(14(9)17)22-21-12(8-18)16(19)20/h2-7,22-23H,1H3,(H3,19,20)/b21-12+. The van der Waals surface area contributed by atoms with Crippen molar-refractivity contribution in [3.63, 3.8) is 0 Å². The fourth-order valence-corrected chi connectivity index (χ4v) is 2.41. The average Bonchev–Trinajstić information content (AvgIpc) is 2.52. The van der Waals surface area contributed by atoms with Crippen molar-refractivity contribution in [1.29, 1.82) is 10.7 Å². The van der Waals surface area contributed by atoms with Crippen molar-refractivity contribution >= 4 is 33.2 Å². The Bertz CT molecular complexity index is 839. The number of phenolic OH excluding ortho intramolecular Hbond substituents is 1. The third kappa shape index (κ3) is 3.49. The van der Waals surface area contributed by atoms with E-state index in [1.165, 1.54) is 0 Å². The lowest BCUT2D eigenvalue weighted by atomic mass is 10.0. The van der Waals surface area contributed by atoms with Crippen molar-refractivity contribution in [2.75, 3.05) is 5.43 Å². The van der Waals surface area contributed by atoms with Gasteiger partial charge in [0.05, 0.1) is 5.69 Å². The molecule has 23 heavy (non-hydrogen) atoms. The highest BCUT2D eigenvalue weighted by atomic mass is 79.9. The van der Waals surface area contributed by atoms with Gasteiger partial charge in [-0.1, -0.05) is 30.3 Å². The third-order valence-electron chi connectivity index (χ3n) is 3.17. The van der Waals surface area contributed by atoms with Gasteiger partial charge in [0.15, 0.2) is 5.84 Å². The van der Waals surface area contributed by atoms with Crippen LogP contribution in [0.15, 0.2) is 46.0 Å². The Morgan fingerprint density at radius 2 is 2.00 bits per heavy atom. The molecule has 0 aliphatic carbocycles. The predicted octanol–water partition coefficient (Wildman–Crippen LogP) is 3.36. The van der Waals surface area contributed by atoms with Crippen LogP contribution in [0.5, 0.6) is 5.75 Å². The van der Waals surface area contributed by atoms with E-state index in [0.717, 1.165) is 10.0 Å². The fraction of sp³-hybridized carbons (Fsp3) is 0.0625. The first-order valence-corrected chi connectivity index (χ1v) is 7.40. The molecule has 0 aromatic heterocycles. The molecule has 2 aromatic rings. The number of nitrogens with one attached hydrogen (secondary N) is 2. The highest BCUT2D eigenvalue weighted by molar-refractivity contribution is 9.10. The lowest BCUT2D eigenvalue weighted by molar-refractivity contribution is 0.477. The third-order valence-corrected chi connectivity index (χ3v) is 4.19. The van der Waals surface area contributed by atoms with Gasteiger partial charge in [-0.25, -0.2) is 0 Å². The molecule has 2 rings (SSSR count). The van der Waals surface area contributed by atoms with E-state index in [4.69, 9.17) is 16.4 Å². The van der Waals surface area contributed by atoms with Crippen LogP contribution in [0.4, 0.5) is 5.69 Å². The molecule has 0 saturated heterocycles. The first-order chi connectivity index (χ1) is 11.0. The number of aromatic hydroxyl groups is 1. The molecule has 5 N–H and O–H groups in total. The zero-order valence-corrected chi connectivity index (χ0v) is 13.8. The van der Waals surface area contributed by atoms with Gasteiger partial charge < -0.3 is 10.8 Å². The van der Waals surface area contributed by atoms with Crippen LogP contribution in [0.25, 0.3) is 11.1 Å². The fourth-order valence-electron chi connectivity index (χ4n) is 1.97. The zero-order valence-electron chi connectivity index (χ0n) is 12.3. The van der Waals surface area contributed by atoms with Gasteiger partial charge in [0, 0.05) is 15.6 Å². The topological polar surface area (TPSA) is 118 Å². The van der Waals surface area contributed by atoms with Gasteiger partial charge in [-0.15, -0.1) is 0 Å². The zero-order chi connectivity index (χ0) is 17.0. The summed E-state index contributed by atoms with van der Waals surface area (Å²) in [6.07, 6.45) is 0. The summed E-state index contributed by atoms with van der Waals surface area (Å²) in [5.74, 6) is -0.296. The van der Waals surface area contributed by atoms with Gasteiger partial charge in [-0.3, -0.25) is 10.8 Å². The number of nitrogens with zero attached hydrogens (tertiary/aromatic N) is 2. The van der Waals surface area contributed by atoms with Gasteiger partial charge in [0.2, 0.25) is 5.71 Å². The molecule has 0 bridgehead atoms. The number of para-hydroxylation sites is 1. The number of phenols is 1. The lowest BCUT2D eigenvalue weighted by Gasteiger charge is -2.14. The van der Waals surface area contributed by atoms with Crippen molar-refractivity contribution in [1.82, 2.24) is 0 Å². The minimum absolute atomic E-state index is 0.127. The second-order valence-electron chi connectivity index (χ2n) is 4.73. The molecule has 0 spiro atoms. The maximum absolute atomic E-state index is 10.1. The largest absolute Gasteiger partial charge is 0.507 e. The number of amidine groups is 1. The van der Waals surface area contributed by atoms with E-state index in [1.54, 1.807) is 24.3 Å². The molecule has 0 unspecified atom stereocenters. The second-order valence-corrected chi connectivity index (χ2v) is 5.53. The average molecular weight is 372 g/mol. The Morgan fingerprint density at radius 3 is 2.61 bits per heavy atom. The summed E-state index contributed by atoms with van der Waals surface area (Å²) in [4.78, 5) is 0. The van der Waals surface area contributed by atoms with Crippen molar-refractivity contribution in [2.24, 2.45) is 10.8 Å². The van der Waals surface area contributed by atoms with E-state index in [1.807, 2.05) is 25.1 Å². The lowest BCUT2D eigenvalue weighted by Crippen LogP contribution is -2.22. The van der Waals surface area contributed by atoms with Crippen LogP contribution in [-0.4, -0.2) is 16.7 Å². The minimum atomic E-state index is -0.423. The summed E-state index contributed by atoms with van der Waals surface area (Å²) in [5, 5.41) is 30.2. The number of anilines is 1. The molecule has 0 fully saturated rings. The number of halogens is 1. The molecule has 0 saturated carbocycles. The number of aryl methyl sites for hydroxylation is 1. The number of nitrogens with two attached hydrogens (primary N) is 1. The molecular weight excluding hydrogens is 358 g/mol. The van der Waals surface area contributed by atoms with Crippen molar-refractivity contribution in [3.8, 4) is 22.9 Å². The Balaban J connectivity index is 2.59. The molecule has 0 radical (unpaired) electrons. The first kappa shape index (κ1) is 16.5. The highest BCUT2D eigenvalue weighted by Crippen LogP contribution is 2.39. The van der Waals surface area contributed by atoms with Crippen LogP contribution in [0.1, 0.15) is 5.56 Å². The van der Waals surface area contributed by atoms with Gasteiger partial charge in [0.25, 0.3) is 0 Å². The number of hydrogen-bond acceptors (Lipinski definition) is 5. The number of hydrazone groups is 1. The molecule has 0 heterocycles. The van der Waals surface area contributed by atoms with Crippen LogP contribution in [0.3, 0.4) is 0 Å². The molecular formula is C16H14BrN5O. The molecule has 0 aliphatic rings. The van der Waals surface area contributed by atoms with Crippen molar-refractivity contribution in [2.45, 2.75) is 6.92 Å². The summed E-state index contributed by atoms with van der Waals surface area (Å²) in [6.45, 7) is 1.91. The second kappa shape index (κ2) is 6.94. The maximum atomic E-state index is 10.1. The smallest absolute Gasteiger partial charge is 0.201 e. The Morgan fingerprint density at radius 1 is 1.30 bits per heavy atom. The summed E-state index contributed by atoms with van der Waals surface area (Å²) >= 11 is 3.48. The van der Waals surface area contributed by atoms with Gasteiger partial charge in [0.1, 0.15) is 11.8 Å². The van der Waals surface area contributed by atoms with Crippen molar-refractivity contribution < 1.29 is 5.11 Å². The molecule has 0 aliphatic heterocycles. The predicted molar refractivity (Wildman–Crippen MR) is 94.6 cm³/mol. The van der Waals surface area contributed by atoms with E-state index in [0.29, 0.717) is 16.8 Å². The van der Waals surface area contributed by atoms with E-state index in [9.17, 15) is 5.11 Å². The van der Waals surface area contributed by atoms with Crippen LogP contribution in [0, 0.1) is 23.7 Å². The molecule has 0 atom stereocenters. The monoisotopic (exact) mass is 371 g/mol. The van der Waals surface area contributed by atoms with E-state index < -0.39 is 5.84 Å². The normalized spacial score (nSPS) is 10.9. The molecule has 2 aromatic carbocycles. The van der Waals surface area contributed by atoms with Crippen molar-refractivity contribution in [3.05, 3.63) is 46.4 Å². The Kier molecular flexibility index (Phi) is 4.98. The summed E-state index contributed by atoms with van der Waals surface area (Å²) < 4.78 is 0.739. The summed E-state index contributed by atoms with van der Waals surface area (Å²) in [6, 6.07) is 12.4. The maximum Gasteiger partial charge on any atom is 0.201 e. The Labute approximate surface area is 141 Å². The molecule has 6 nitrogen and oxygen atoms in total. The minimum Gasteiger partial charge on any atom is -0.507 e. The van der Waals surface area contributed by atoms with E-state index >= 15 is 0 Å². The number of benzene rings is 2. The highest BCUT2D eigenvalue weighted by Gasteiger charge is 2.14. The quantitative estimate of drug-likeness (QED) is 0.374. The molecule has 7 heteroatoms. The first-order valence-electron chi connectivity index (χ1n) is 6.61. The summed E-state index contributed by atoms with van der Waals surface area (Å²) in [7, 11) is 0. The molecule has 0 amide bonds. The Hall–Kier alpha value is -2.85. The van der Waals surface area contributed by atoms with Crippen LogP contribution >= 0.6 is 15.9 Å².